The molecule has 4 N–H and O–H groups in total. The molecule has 0 bridgehead atoms. The minimum absolute atomic E-state index is 0.0101. The van der Waals surface area contributed by atoms with Gasteiger partial charge in [-0.1, -0.05) is 33.6 Å². The number of fused-ring (bicyclic) bond motifs is 5. The molecule has 0 heterocycles. The first-order chi connectivity index (χ1) is 14.7. The minimum atomic E-state index is -1.01. The summed E-state index contributed by atoms with van der Waals surface area (Å²) in [5.41, 5.74) is -1.02. The molecule has 4 aliphatic carbocycles. The SMILES string of the molecule is C[C@@H](CCCC(C)(C)O)[C@@H]1CC[C@]2(O)C3=CC(=O)C4=C[C@@H](O)[C@@H](O)C[C@@]4(C)[C@@H]3CC[C@@]12C. The molecular formula is C27H42O5. The number of ketones is 1. The molecule has 5 heteroatoms. The van der Waals surface area contributed by atoms with Crippen molar-refractivity contribution < 1.29 is 25.2 Å². The smallest absolute Gasteiger partial charge is 0.182 e. The Morgan fingerprint density at radius 2 is 1.88 bits per heavy atom. The van der Waals surface area contributed by atoms with Crippen LogP contribution in [0, 0.1) is 28.6 Å². The van der Waals surface area contributed by atoms with Gasteiger partial charge in [0.2, 0.25) is 0 Å². The van der Waals surface area contributed by atoms with Crippen molar-refractivity contribution >= 4 is 5.78 Å². The van der Waals surface area contributed by atoms with Crippen LogP contribution in [0.25, 0.3) is 0 Å². The van der Waals surface area contributed by atoms with Gasteiger partial charge < -0.3 is 20.4 Å². The van der Waals surface area contributed by atoms with Crippen molar-refractivity contribution in [2.24, 2.45) is 28.6 Å². The van der Waals surface area contributed by atoms with Crippen LogP contribution in [0.5, 0.6) is 0 Å². The van der Waals surface area contributed by atoms with Crippen LogP contribution < -0.4 is 0 Å². The van der Waals surface area contributed by atoms with Gasteiger partial charge in [0.05, 0.1) is 23.4 Å². The van der Waals surface area contributed by atoms with E-state index in [-0.39, 0.29) is 17.1 Å². The highest BCUT2D eigenvalue weighted by Gasteiger charge is 2.65. The average Bonchev–Trinajstić information content (AvgIpc) is 2.95. The molecule has 8 atom stereocenters. The van der Waals surface area contributed by atoms with Gasteiger partial charge in [-0.25, -0.2) is 0 Å². The van der Waals surface area contributed by atoms with Crippen molar-refractivity contribution in [3.05, 3.63) is 23.3 Å². The van der Waals surface area contributed by atoms with Gasteiger partial charge >= 0.3 is 0 Å². The molecule has 2 saturated carbocycles. The molecule has 0 aliphatic heterocycles. The van der Waals surface area contributed by atoms with E-state index >= 15 is 0 Å². The lowest BCUT2D eigenvalue weighted by Gasteiger charge is -2.58. The minimum Gasteiger partial charge on any atom is -0.390 e. The van der Waals surface area contributed by atoms with E-state index in [9.17, 15) is 25.2 Å². The van der Waals surface area contributed by atoms with E-state index in [0.29, 0.717) is 30.3 Å². The molecule has 5 nitrogen and oxygen atoms in total. The molecule has 0 aromatic heterocycles. The van der Waals surface area contributed by atoms with Crippen LogP contribution in [0.1, 0.15) is 86.0 Å². The summed E-state index contributed by atoms with van der Waals surface area (Å²) in [7, 11) is 0. The number of aliphatic hydroxyl groups is 4. The van der Waals surface area contributed by atoms with Crippen molar-refractivity contribution in [1.29, 1.82) is 0 Å². The van der Waals surface area contributed by atoms with Gasteiger partial charge in [0.25, 0.3) is 0 Å². The van der Waals surface area contributed by atoms with Gasteiger partial charge in [-0.2, -0.15) is 0 Å². The van der Waals surface area contributed by atoms with Crippen LogP contribution in [0.15, 0.2) is 23.3 Å². The Hall–Kier alpha value is -1.01. The summed E-state index contributed by atoms with van der Waals surface area (Å²) in [5.74, 6) is 0.695. The fraction of sp³-hybridized carbons (Fsp3) is 0.815. The number of carbonyl (C=O) groups is 1. The van der Waals surface area contributed by atoms with Crippen LogP contribution in [0.2, 0.25) is 0 Å². The molecule has 0 aromatic rings. The van der Waals surface area contributed by atoms with Crippen LogP contribution in [0.3, 0.4) is 0 Å². The zero-order chi connectivity index (χ0) is 23.7. The average molecular weight is 447 g/mol. The van der Waals surface area contributed by atoms with E-state index in [1.165, 1.54) is 0 Å². The molecule has 0 radical (unpaired) electrons. The first-order valence-electron chi connectivity index (χ1n) is 12.5. The topological polar surface area (TPSA) is 98.0 Å². The highest BCUT2D eigenvalue weighted by Crippen LogP contribution is 2.67. The third-order valence-electron chi connectivity index (χ3n) is 9.82. The van der Waals surface area contributed by atoms with E-state index in [1.54, 1.807) is 12.2 Å². The third kappa shape index (κ3) is 3.55. The van der Waals surface area contributed by atoms with Gasteiger partial charge in [0, 0.05) is 16.4 Å². The number of allylic oxidation sites excluding steroid dienone is 2. The molecule has 0 aromatic carbocycles. The second-order valence-electron chi connectivity index (χ2n) is 12.4. The molecule has 4 aliphatic rings. The van der Waals surface area contributed by atoms with E-state index < -0.39 is 28.8 Å². The fourth-order valence-electron chi connectivity index (χ4n) is 7.93. The Balaban J connectivity index is 1.63. The van der Waals surface area contributed by atoms with Gasteiger partial charge in [-0.05, 0) is 87.9 Å². The summed E-state index contributed by atoms with van der Waals surface area (Å²) in [6, 6.07) is 0. The van der Waals surface area contributed by atoms with Gasteiger partial charge in [-0.15, -0.1) is 0 Å². The molecule has 32 heavy (non-hydrogen) atoms. The summed E-state index contributed by atoms with van der Waals surface area (Å²) in [6.45, 7) is 10.2. The second kappa shape index (κ2) is 7.76. The molecule has 0 amide bonds. The van der Waals surface area contributed by atoms with Gasteiger partial charge in [-0.3, -0.25) is 4.79 Å². The van der Waals surface area contributed by atoms with Crippen molar-refractivity contribution in [3.63, 3.8) is 0 Å². The molecule has 180 valence electrons. The van der Waals surface area contributed by atoms with Crippen LogP contribution in [-0.4, -0.2) is 49.6 Å². The number of hydrogen-bond donors (Lipinski definition) is 4. The first kappa shape index (κ1) is 24.1. The lowest BCUT2D eigenvalue weighted by atomic mass is 9.48. The van der Waals surface area contributed by atoms with Crippen molar-refractivity contribution in [2.75, 3.05) is 0 Å². The monoisotopic (exact) mass is 446 g/mol. The van der Waals surface area contributed by atoms with Crippen molar-refractivity contribution in [2.45, 2.75) is 109 Å². The Labute approximate surface area is 192 Å². The summed E-state index contributed by atoms with van der Waals surface area (Å²) >= 11 is 0. The standard InChI is InChI=1S/C27H42O5/c1-16(7-6-10-24(2,3)31)17-9-12-27(32)19-13-21(28)20-14-22(29)23(30)15-25(20,4)18(19)8-11-26(17,27)5/h13-14,16-18,22-23,29-32H,6-12,15H2,1-5H3/t16-,17-,18+,22+,23-,25-,26-,27-/m0/s1. The molecule has 0 spiro atoms. The molecule has 0 saturated heterocycles. The van der Waals surface area contributed by atoms with E-state index in [4.69, 9.17) is 0 Å². The molecule has 4 rings (SSSR count). The maximum absolute atomic E-state index is 13.2. The van der Waals surface area contributed by atoms with Crippen LogP contribution in [-0.2, 0) is 4.79 Å². The highest BCUT2D eigenvalue weighted by molar-refractivity contribution is 6.07. The largest absolute Gasteiger partial charge is 0.390 e. The quantitative estimate of drug-likeness (QED) is 0.516. The van der Waals surface area contributed by atoms with Gasteiger partial charge in [0.15, 0.2) is 5.78 Å². The third-order valence-corrected chi connectivity index (χ3v) is 9.82. The Morgan fingerprint density at radius 3 is 2.53 bits per heavy atom. The number of rotatable bonds is 5. The molecule has 2 fully saturated rings. The Bertz CT molecular complexity index is 837. The molecular weight excluding hydrogens is 404 g/mol. The molecule has 0 unspecified atom stereocenters. The van der Waals surface area contributed by atoms with Crippen LogP contribution >= 0.6 is 0 Å². The zero-order valence-corrected chi connectivity index (χ0v) is 20.4. The normalized spacial score (nSPS) is 44.8. The maximum atomic E-state index is 13.2. The zero-order valence-electron chi connectivity index (χ0n) is 20.4. The number of hydrogen-bond acceptors (Lipinski definition) is 5. The lowest BCUT2D eigenvalue weighted by Crippen LogP contribution is -2.58. The predicted molar refractivity (Wildman–Crippen MR) is 124 cm³/mol. The van der Waals surface area contributed by atoms with E-state index in [1.807, 2.05) is 20.8 Å². The van der Waals surface area contributed by atoms with Crippen molar-refractivity contribution in [1.82, 2.24) is 0 Å². The lowest BCUT2D eigenvalue weighted by molar-refractivity contribution is -0.121. The summed E-state index contributed by atoms with van der Waals surface area (Å²) in [6.07, 6.45) is 7.80. The maximum Gasteiger partial charge on any atom is 0.182 e. The van der Waals surface area contributed by atoms with Crippen LogP contribution in [0.4, 0.5) is 0 Å². The summed E-state index contributed by atoms with van der Waals surface area (Å²) in [5, 5.41) is 42.8. The first-order valence-corrected chi connectivity index (χ1v) is 12.5. The van der Waals surface area contributed by atoms with Gasteiger partial charge in [0.1, 0.15) is 0 Å². The summed E-state index contributed by atoms with van der Waals surface area (Å²) < 4.78 is 0. The Morgan fingerprint density at radius 1 is 1.19 bits per heavy atom. The highest BCUT2D eigenvalue weighted by atomic mass is 16.3. The van der Waals surface area contributed by atoms with Crippen molar-refractivity contribution in [3.8, 4) is 0 Å². The Kier molecular flexibility index (Phi) is 5.85. The second-order valence-corrected chi connectivity index (χ2v) is 12.4. The number of aliphatic hydroxyl groups excluding tert-OH is 2. The summed E-state index contributed by atoms with van der Waals surface area (Å²) in [4.78, 5) is 13.2. The fourth-order valence-corrected chi connectivity index (χ4v) is 7.93. The van der Waals surface area contributed by atoms with E-state index in [0.717, 1.165) is 44.1 Å². The van der Waals surface area contributed by atoms with E-state index in [2.05, 4.69) is 13.8 Å². The number of carbonyl (C=O) groups excluding carboxylic acids is 1. The predicted octanol–water partition coefficient (Wildman–Crippen LogP) is 3.69.